The van der Waals surface area contributed by atoms with E-state index in [0.29, 0.717) is 0 Å². The number of halogens is 2. The molecule has 0 aliphatic carbocycles. The van der Waals surface area contributed by atoms with Gasteiger partial charge in [0.05, 0.1) is 0 Å². The molecule has 0 fully saturated rings. The summed E-state index contributed by atoms with van der Waals surface area (Å²) in [7, 11) is 0. The summed E-state index contributed by atoms with van der Waals surface area (Å²) in [4.78, 5) is 44.9. The highest BCUT2D eigenvalue weighted by Gasteiger charge is 2.26. The molecule has 0 aromatic heterocycles. The van der Waals surface area contributed by atoms with Crippen LogP contribution < -0.4 is 21.3 Å². The fraction of sp³-hybridized carbons (Fsp3) is 0.600. The van der Waals surface area contributed by atoms with Crippen LogP contribution in [0.5, 0.6) is 0 Å². The Kier molecular flexibility index (Phi) is 8.66. The molecule has 0 bridgehead atoms. The highest BCUT2D eigenvalue weighted by Crippen LogP contribution is 1.91. The number of hydrogen-bond donors (Lipinski definition) is 4. The summed E-state index contributed by atoms with van der Waals surface area (Å²) in [6.45, 7) is 2.43. The molecular formula is C10H16Cl2N4O4. The summed E-state index contributed by atoms with van der Waals surface area (Å²) >= 11 is 10.7. The van der Waals surface area contributed by atoms with Gasteiger partial charge >= 0.3 is 0 Å². The van der Waals surface area contributed by atoms with Crippen LogP contribution >= 0.6 is 23.2 Å². The maximum Gasteiger partial charge on any atom is 0.236 e. The molecule has 0 aromatic rings. The minimum Gasteiger partial charge on any atom is -0.333 e. The van der Waals surface area contributed by atoms with Crippen molar-refractivity contribution in [2.24, 2.45) is 0 Å². The molecule has 4 amide bonds. The largest absolute Gasteiger partial charge is 0.333 e. The fourth-order valence-electron chi connectivity index (χ4n) is 1.27. The molecule has 0 aliphatic heterocycles. The molecule has 20 heavy (non-hydrogen) atoms. The van der Waals surface area contributed by atoms with Crippen molar-refractivity contribution in [3.63, 3.8) is 0 Å². The van der Waals surface area contributed by atoms with E-state index in [1.807, 2.05) is 0 Å². The normalized spacial score (nSPS) is 12.8. The number of carbonyl (C=O) groups excluding carboxylic acids is 4. The molecule has 8 nitrogen and oxygen atoms in total. The van der Waals surface area contributed by atoms with Crippen LogP contribution in [0, 0.1) is 0 Å². The second-order valence-corrected chi connectivity index (χ2v) is 4.29. The summed E-state index contributed by atoms with van der Waals surface area (Å²) < 4.78 is 0. The first-order chi connectivity index (χ1) is 9.29. The fourth-order valence-corrected chi connectivity index (χ4v) is 1.42. The maximum atomic E-state index is 11.3. The van der Waals surface area contributed by atoms with Gasteiger partial charge in [-0.1, -0.05) is 0 Å². The lowest BCUT2D eigenvalue weighted by atomic mass is 10.3. The Morgan fingerprint density at radius 3 is 1.25 bits per heavy atom. The molecule has 114 valence electrons. The van der Waals surface area contributed by atoms with Gasteiger partial charge in [-0.3, -0.25) is 19.2 Å². The van der Waals surface area contributed by atoms with Gasteiger partial charge in [0.25, 0.3) is 0 Å². The van der Waals surface area contributed by atoms with Gasteiger partial charge < -0.3 is 21.3 Å². The Labute approximate surface area is 125 Å². The van der Waals surface area contributed by atoms with Crippen LogP contribution in [0.3, 0.4) is 0 Å². The van der Waals surface area contributed by atoms with Crippen molar-refractivity contribution in [1.82, 2.24) is 21.3 Å². The number of nitrogens with one attached hydrogen (secondary N) is 4. The summed E-state index contributed by atoms with van der Waals surface area (Å²) in [5.41, 5.74) is 0. The standard InChI is InChI=1S/C10H16Cl2N4O4/c1-5(17)13-9(15-7(19)3-11)10(14-6(2)18)16-8(20)4-12/h9-10H,3-4H2,1-2H3,(H,13,17)(H,14,18)(H,15,19)(H,16,20). The number of hydrogen-bond acceptors (Lipinski definition) is 4. The molecule has 0 spiro atoms. The third-order valence-corrected chi connectivity index (χ3v) is 2.41. The van der Waals surface area contributed by atoms with Crippen LogP contribution in [0.2, 0.25) is 0 Å². The van der Waals surface area contributed by atoms with Crippen LogP contribution in [0.4, 0.5) is 0 Å². The van der Waals surface area contributed by atoms with E-state index in [1.165, 1.54) is 13.8 Å². The molecule has 0 aromatic carbocycles. The van der Waals surface area contributed by atoms with Crippen LogP contribution in [-0.4, -0.2) is 47.7 Å². The first kappa shape index (κ1) is 18.5. The summed E-state index contributed by atoms with van der Waals surface area (Å²) in [6, 6.07) is 0. The minimum atomic E-state index is -1.06. The average Bonchev–Trinajstić information content (AvgIpc) is 2.35. The topological polar surface area (TPSA) is 116 Å². The molecule has 10 heteroatoms. The van der Waals surface area contributed by atoms with Gasteiger partial charge in [-0.2, -0.15) is 0 Å². The van der Waals surface area contributed by atoms with Gasteiger partial charge in [-0.25, -0.2) is 0 Å². The summed E-state index contributed by atoms with van der Waals surface area (Å²) in [5.74, 6) is -2.79. The zero-order chi connectivity index (χ0) is 15.7. The Balaban J connectivity index is 5.03. The Hall–Kier alpha value is -1.54. The molecule has 0 aliphatic rings. The van der Waals surface area contributed by atoms with Crippen LogP contribution in [0.25, 0.3) is 0 Å². The van der Waals surface area contributed by atoms with Crippen LogP contribution in [0.15, 0.2) is 0 Å². The van der Waals surface area contributed by atoms with Gasteiger partial charge in [-0.15, -0.1) is 23.2 Å². The van der Waals surface area contributed by atoms with Gasteiger partial charge in [0, 0.05) is 13.8 Å². The first-order valence-electron chi connectivity index (χ1n) is 5.55. The number of carbonyl (C=O) groups is 4. The number of rotatable bonds is 7. The molecule has 4 N–H and O–H groups in total. The van der Waals surface area contributed by atoms with Crippen molar-refractivity contribution in [2.75, 3.05) is 11.8 Å². The van der Waals surface area contributed by atoms with Crippen molar-refractivity contribution in [3.8, 4) is 0 Å². The lowest BCUT2D eigenvalue weighted by Gasteiger charge is -2.29. The van der Waals surface area contributed by atoms with E-state index in [4.69, 9.17) is 23.2 Å². The van der Waals surface area contributed by atoms with E-state index < -0.39 is 36.0 Å². The molecule has 0 saturated carbocycles. The lowest BCUT2D eigenvalue weighted by Crippen LogP contribution is -2.65. The van der Waals surface area contributed by atoms with Crippen molar-refractivity contribution in [1.29, 1.82) is 0 Å². The Morgan fingerprint density at radius 2 is 1.05 bits per heavy atom. The molecule has 0 heterocycles. The molecule has 0 saturated heterocycles. The molecule has 0 rings (SSSR count). The Morgan fingerprint density at radius 1 is 0.750 bits per heavy atom. The monoisotopic (exact) mass is 326 g/mol. The van der Waals surface area contributed by atoms with E-state index in [-0.39, 0.29) is 11.8 Å². The highest BCUT2D eigenvalue weighted by atomic mass is 35.5. The van der Waals surface area contributed by atoms with E-state index >= 15 is 0 Å². The Bertz CT molecular complexity index is 355. The third kappa shape index (κ3) is 7.80. The summed E-state index contributed by atoms with van der Waals surface area (Å²) in [6.07, 6.45) is -2.12. The predicted molar refractivity (Wildman–Crippen MR) is 72.9 cm³/mol. The van der Waals surface area contributed by atoms with Gasteiger partial charge in [0.1, 0.15) is 24.1 Å². The molecule has 0 radical (unpaired) electrons. The second-order valence-electron chi connectivity index (χ2n) is 3.76. The van der Waals surface area contributed by atoms with E-state index in [0.717, 1.165) is 0 Å². The zero-order valence-corrected chi connectivity index (χ0v) is 12.5. The van der Waals surface area contributed by atoms with Crippen molar-refractivity contribution in [3.05, 3.63) is 0 Å². The van der Waals surface area contributed by atoms with E-state index in [1.54, 1.807) is 0 Å². The predicted octanol–water partition coefficient (Wildman–Crippen LogP) is -1.38. The van der Waals surface area contributed by atoms with Gasteiger partial charge in [-0.05, 0) is 0 Å². The summed E-state index contributed by atoms with van der Waals surface area (Å²) in [5, 5.41) is 9.47. The van der Waals surface area contributed by atoms with Crippen molar-refractivity contribution >= 4 is 46.8 Å². The average molecular weight is 327 g/mol. The van der Waals surface area contributed by atoms with Gasteiger partial charge in [0.15, 0.2) is 0 Å². The van der Waals surface area contributed by atoms with Crippen molar-refractivity contribution in [2.45, 2.75) is 26.2 Å². The minimum absolute atomic E-state index is 0.341. The smallest absolute Gasteiger partial charge is 0.236 e. The molecule has 2 atom stereocenters. The SMILES string of the molecule is CC(=O)NC(NC(=O)CCl)C(NC(C)=O)NC(=O)CCl. The van der Waals surface area contributed by atoms with E-state index in [2.05, 4.69) is 21.3 Å². The first-order valence-corrected chi connectivity index (χ1v) is 6.62. The molecule has 2 unspecified atom stereocenters. The maximum absolute atomic E-state index is 11.3. The second kappa shape index (κ2) is 9.38. The zero-order valence-electron chi connectivity index (χ0n) is 11.0. The van der Waals surface area contributed by atoms with E-state index in [9.17, 15) is 19.2 Å². The van der Waals surface area contributed by atoms with Crippen LogP contribution in [-0.2, 0) is 19.2 Å². The number of alkyl halides is 2. The van der Waals surface area contributed by atoms with Crippen LogP contribution in [0.1, 0.15) is 13.8 Å². The highest BCUT2D eigenvalue weighted by molar-refractivity contribution is 6.27. The third-order valence-electron chi connectivity index (χ3n) is 1.93. The quantitative estimate of drug-likeness (QED) is 0.341. The van der Waals surface area contributed by atoms with Gasteiger partial charge in [0.2, 0.25) is 23.6 Å². The lowest BCUT2D eigenvalue weighted by molar-refractivity contribution is -0.127. The van der Waals surface area contributed by atoms with Crippen molar-refractivity contribution < 1.29 is 19.2 Å². The number of amides is 4. The molecular weight excluding hydrogens is 311 g/mol.